The molecule has 0 spiro atoms. The van der Waals surface area contributed by atoms with Gasteiger partial charge in [-0.3, -0.25) is 0 Å². The van der Waals surface area contributed by atoms with E-state index < -0.39 is 0 Å². The van der Waals surface area contributed by atoms with E-state index in [2.05, 4.69) is 21.4 Å². The lowest BCUT2D eigenvalue weighted by atomic mass is 10.4. The maximum atomic E-state index is 5.10. The van der Waals surface area contributed by atoms with Crippen LogP contribution in [0.4, 0.5) is 0 Å². The highest BCUT2D eigenvalue weighted by Crippen LogP contribution is 1.93. The molecule has 4 heteroatoms. The van der Waals surface area contributed by atoms with E-state index in [4.69, 9.17) is 6.42 Å². The largest absolute Gasteiger partial charge is 0.229 e. The fourth-order valence-electron chi connectivity index (χ4n) is 0.821. The molecule has 1 aromatic heterocycles. The van der Waals surface area contributed by atoms with Crippen LogP contribution in [0, 0.1) is 12.3 Å². The van der Waals surface area contributed by atoms with Crippen LogP contribution < -0.4 is 0 Å². The van der Waals surface area contributed by atoms with Crippen LogP contribution in [0.25, 0.3) is 0 Å². The number of rotatable bonds is 3. The molecule has 0 atom stereocenters. The summed E-state index contributed by atoms with van der Waals surface area (Å²) in [4.78, 5) is 0. The summed E-state index contributed by atoms with van der Waals surface area (Å²) < 4.78 is 1.74. The first-order chi connectivity index (χ1) is 5.38. The molecule has 0 unspecified atom stereocenters. The first-order valence-electron chi connectivity index (χ1n) is 3.57. The van der Waals surface area contributed by atoms with Gasteiger partial charge < -0.3 is 0 Å². The molecule has 58 valence electrons. The van der Waals surface area contributed by atoms with Crippen molar-refractivity contribution in [3.63, 3.8) is 0 Å². The van der Waals surface area contributed by atoms with Gasteiger partial charge in [-0.05, 0) is 10.4 Å². The van der Waals surface area contributed by atoms with Crippen LogP contribution in [0.3, 0.4) is 0 Å². The summed E-state index contributed by atoms with van der Waals surface area (Å²) >= 11 is 0. The highest BCUT2D eigenvalue weighted by Gasteiger charge is 2.00. The maximum absolute atomic E-state index is 5.10. The summed E-state index contributed by atoms with van der Waals surface area (Å²) in [6.45, 7) is 2.73. The minimum absolute atomic E-state index is 0.679. The van der Waals surface area contributed by atoms with Crippen LogP contribution in [0.1, 0.15) is 19.2 Å². The topological polar surface area (TPSA) is 43.6 Å². The van der Waals surface area contributed by atoms with Crippen molar-refractivity contribution in [3.05, 3.63) is 5.82 Å². The van der Waals surface area contributed by atoms with Gasteiger partial charge in [-0.2, -0.15) is 0 Å². The first kappa shape index (κ1) is 7.73. The molecule has 0 aliphatic carbocycles. The van der Waals surface area contributed by atoms with Crippen LogP contribution in [-0.2, 0) is 13.0 Å². The molecule has 4 nitrogen and oxygen atoms in total. The predicted molar refractivity (Wildman–Crippen MR) is 40.6 cm³/mol. The molecule has 0 aliphatic rings. The van der Waals surface area contributed by atoms with Crippen LogP contribution in [0.5, 0.6) is 0 Å². The molecule has 1 heterocycles. The molecule has 1 aromatic rings. The lowest BCUT2D eigenvalue weighted by Gasteiger charge is -1.97. The standard InChI is InChI=1S/C7H10N4/c1-3-5-6-11-7(4-2)8-9-10-11/h1H,4-6H2,2H3. The molecule has 0 radical (unpaired) electrons. The third kappa shape index (κ3) is 1.77. The average Bonchev–Trinajstić information content (AvgIpc) is 2.47. The Morgan fingerprint density at radius 1 is 1.64 bits per heavy atom. The molecule has 0 amide bonds. The van der Waals surface area contributed by atoms with Crippen LogP contribution in [-0.4, -0.2) is 20.2 Å². The average molecular weight is 150 g/mol. The molecule has 0 bridgehead atoms. The van der Waals surface area contributed by atoms with Crippen molar-refractivity contribution in [1.82, 2.24) is 20.2 Å². The van der Waals surface area contributed by atoms with Crippen LogP contribution in [0.2, 0.25) is 0 Å². The van der Waals surface area contributed by atoms with Gasteiger partial charge in [0.25, 0.3) is 0 Å². The highest BCUT2D eigenvalue weighted by molar-refractivity contribution is 4.85. The third-order valence-electron chi connectivity index (χ3n) is 1.39. The Hall–Kier alpha value is -1.37. The third-order valence-corrected chi connectivity index (χ3v) is 1.39. The monoisotopic (exact) mass is 150 g/mol. The molecular weight excluding hydrogens is 140 g/mol. The summed E-state index contributed by atoms with van der Waals surface area (Å²) in [6.07, 6.45) is 6.63. The molecular formula is C7H10N4. The van der Waals surface area contributed by atoms with Gasteiger partial charge >= 0.3 is 0 Å². The summed E-state index contributed by atoms with van der Waals surface area (Å²) in [7, 11) is 0. The second kappa shape index (κ2) is 3.71. The summed E-state index contributed by atoms with van der Waals surface area (Å²) in [5.41, 5.74) is 0. The minimum atomic E-state index is 0.679. The summed E-state index contributed by atoms with van der Waals surface area (Å²) in [6, 6.07) is 0. The van der Waals surface area contributed by atoms with Crippen molar-refractivity contribution >= 4 is 0 Å². The van der Waals surface area contributed by atoms with Gasteiger partial charge in [0.05, 0.1) is 6.54 Å². The summed E-state index contributed by atoms with van der Waals surface area (Å²) in [5, 5.41) is 11.1. The molecule has 0 saturated carbocycles. The lowest BCUT2D eigenvalue weighted by molar-refractivity contribution is 0.578. The van der Waals surface area contributed by atoms with Gasteiger partial charge in [-0.25, -0.2) is 4.68 Å². The Balaban J connectivity index is 2.62. The molecule has 0 aliphatic heterocycles. The van der Waals surface area contributed by atoms with Gasteiger partial charge in [-0.15, -0.1) is 17.4 Å². The first-order valence-corrected chi connectivity index (χ1v) is 3.57. The van der Waals surface area contributed by atoms with E-state index >= 15 is 0 Å². The lowest BCUT2D eigenvalue weighted by Crippen LogP contribution is -2.04. The van der Waals surface area contributed by atoms with Gasteiger partial charge in [0, 0.05) is 12.8 Å². The highest BCUT2D eigenvalue weighted by atomic mass is 15.5. The normalized spacial score (nSPS) is 9.45. The zero-order valence-corrected chi connectivity index (χ0v) is 6.49. The molecule has 0 N–H and O–H groups in total. The second-order valence-electron chi connectivity index (χ2n) is 2.13. The Morgan fingerprint density at radius 2 is 2.45 bits per heavy atom. The van der Waals surface area contributed by atoms with E-state index in [-0.39, 0.29) is 0 Å². The Labute approximate surface area is 65.6 Å². The predicted octanol–water partition coefficient (Wildman–Crippen LogP) is 0.259. The fraction of sp³-hybridized carbons (Fsp3) is 0.571. The number of aromatic nitrogens is 4. The van der Waals surface area contributed by atoms with E-state index in [0.717, 1.165) is 12.2 Å². The number of hydrogen-bond acceptors (Lipinski definition) is 3. The van der Waals surface area contributed by atoms with E-state index in [1.807, 2.05) is 6.92 Å². The van der Waals surface area contributed by atoms with Gasteiger partial charge in [0.2, 0.25) is 0 Å². The van der Waals surface area contributed by atoms with Crippen LogP contribution in [0.15, 0.2) is 0 Å². The smallest absolute Gasteiger partial charge is 0.151 e. The minimum Gasteiger partial charge on any atom is -0.229 e. The zero-order chi connectivity index (χ0) is 8.10. The van der Waals surface area contributed by atoms with Gasteiger partial charge in [0.1, 0.15) is 0 Å². The van der Waals surface area contributed by atoms with Gasteiger partial charge in [-0.1, -0.05) is 6.92 Å². The van der Waals surface area contributed by atoms with Crippen molar-refractivity contribution in [2.24, 2.45) is 0 Å². The van der Waals surface area contributed by atoms with Crippen molar-refractivity contribution in [2.75, 3.05) is 0 Å². The van der Waals surface area contributed by atoms with Crippen LogP contribution >= 0.6 is 0 Å². The molecule has 0 aromatic carbocycles. The number of terminal acetylenes is 1. The van der Waals surface area contributed by atoms with Gasteiger partial charge in [0.15, 0.2) is 5.82 Å². The Bertz CT molecular complexity index is 258. The number of nitrogens with zero attached hydrogens (tertiary/aromatic N) is 4. The number of aryl methyl sites for hydroxylation is 2. The molecule has 0 fully saturated rings. The van der Waals surface area contributed by atoms with E-state index in [0.29, 0.717) is 13.0 Å². The molecule has 0 saturated heterocycles. The molecule has 11 heavy (non-hydrogen) atoms. The second-order valence-corrected chi connectivity index (χ2v) is 2.13. The Kier molecular flexibility index (Phi) is 2.61. The molecule has 1 rings (SSSR count). The van der Waals surface area contributed by atoms with Crippen molar-refractivity contribution < 1.29 is 0 Å². The summed E-state index contributed by atoms with van der Waals surface area (Å²) in [5.74, 6) is 3.43. The number of hydrogen-bond donors (Lipinski definition) is 0. The van der Waals surface area contributed by atoms with E-state index in [1.165, 1.54) is 0 Å². The maximum Gasteiger partial charge on any atom is 0.151 e. The quantitative estimate of drug-likeness (QED) is 0.580. The number of tetrazole rings is 1. The van der Waals surface area contributed by atoms with Crippen molar-refractivity contribution in [1.29, 1.82) is 0 Å². The Morgan fingerprint density at radius 3 is 3.09 bits per heavy atom. The van der Waals surface area contributed by atoms with Crippen molar-refractivity contribution in [3.8, 4) is 12.3 Å². The fourth-order valence-corrected chi connectivity index (χ4v) is 0.821. The SMILES string of the molecule is C#CCCn1nnnc1CC. The van der Waals surface area contributed by atoms with Crippen molar-refractivity contribution in [2.45, 2.75) is 26.3 Å². The van der Waals surface area contributed by atoms with E-state index in [9.17, 15) is 0 Å². The van der Waals surface area contributed by atoms with E-state index in [1.54, 1.807) is 4.68 Å². The zero-order valence-electron chi connectivity index (χ0n) is 6.49.